The second-order valence-corrected chi connectivity index (χ2v) is 2.92. The van der Waals surface area contributed by atoms with E-state index in [4.69, 9.17) is 0 Å². The maximum atomic E-state index is 4.14. The molecule has 0 saturated carbocycles. The number of hydrogen-bond acceptors (Lipinski definition) is 4. The first-order chi connectivity index (χ1) is 5.95. The highest BCUT2D eigenvalue weighted by molar-refractivity contribution is 5.85. The van der Waals surface area contributed by atoms with Crippen LogP contribution in [0.5, 0.6) is 0 Å². The highest BCUT2D eigenvalue weighted by atomic mass is 35.5. The summed E-state index contributed by atoms with van der Waals surface area (Å²) in [4.78, 5) is 8.12. The van der Waals surface area contributed by atoms with Gasteiger partial charge < -0.3 is 10.6 Å². The van der Waals surface area contributed by atoms with E-state index < -0.39 is 0 Å². The van der Waals surface area contributed by atoms with E-state index in [1.54, 1.807) is 18.6 Å². The fourth-order valence-corrected chi connectivity index (χ4v) is 1.36. The molecule has 4 nitrogen and oxygen atoms in total. The summed E-state index contributed by atoms with van der Waals surface area (Å²) in [6.45, 7) is 2.12. The Morgan fingerprint density at radius 1 is 1.36 bits per heavy atom. The lowest BCUT2D eigenvalue weighted by atomic mass is 10.3. The van der Waals surface area contributed by atoms with Crippen molar-refractivity contribution in [2.75, 3.05) is 18.4 Å². The van der Waals surface area contributed by atoms with Crippen LogP contribution in [-0.4, -0.2) is 29.1 Å². The van der Waals surface area contributed by atoms with Crippen LogP contribution in [0.1, 0.15) is 6.42 Å². The number of rotatable bonds is 2. The molecular weight excluding hydrogens is 223 g/mol. The van der Waals surface area contributed by atoms with Crippen molar-refractivity contribution in [2.45, 2.75) is 12.5 Å². The number of nitrogens with zero attached hydrogens (tertiary/aromatic N) is 2. The van der Waals surface area contributed by atoms with Gasteiger partial charge in [0, 0.05) is 25.0 Å². The predicted octanol–water partition coefficient (Wildman–Crippen LogP) is 1.09. The van der Waals surface area contributed by atoms with Crippen molar-refractivity contribution < 1.29 is 0 Å². The molecule has 0 aromatic carbocycles. The number of anilines is 1. The smallest absolute Gasteiger partial charge is 0.144 e. The average molecular weight is 237 g/mol. The molecule has 2 N–H and O–H groups in total. The van der Waals surface area contributed by atoms with Gasteiger partial charge >= 0.3 is 0 Å². The van der Waals surface area contributed by atoms with Crippen LogP contribution < -0.4 is 10.6 Å². The van der Waals surface area contributed by atoms with Crippen molar-refractivity contribution in [3.8, 4) is 0 Å². The van der Waals surface area contributed by atoms with E-state index in [1.165, 1.54) is 0 Å². The predicted molar refractivity (Wildman–Crippen MR) is 61.4 cm³/mol. The van der Waals surface area contributed by atoms with Crippen LogP contribution in [0.3, 0.4) is 0 Å². The van der Waals surface area contributed by atoms with E-state index in [-0.39, 0.29) is 24.8 Å². The molecule has 2 rings (SSSR count). The standard InChI is InChI=1S/C8H12N4.2ClH/c1-2-9-5-7(1)12-8-6-10-3-4-11-8;;/h3-4,6-7,9H,1-2,5H2,(H,11,12);2*1H/t7-;;/m1../s1. The molecule has 1 saturated heterocycles. The van der Waals surface area contributed by atoms with Gasteiger partial charge in [0.15, 0.2) is 0 Å². The minimum atomic E-state index is 0. The van der Waals surface area contributed by atoms with Gasteiger partial charge in [0.05, 0.1) is 6.20 Å². The molecule has 0 bridgehead atoms. The highest BCUT2D eigenvalue weighted by Crippen LogP contribution is 2.05. The molecule has 1 fully saturated rings. The minimum Gasteiger partial charge on any atom is -0.365 e. The monoisotopic (exact) mass is 236 g/mol. The number of nitrogens with one attached hydrogen (secondary N) is 2. The topological polar surface area (TPSA) is 49.8 Å². The van der Waals surface area contributed by atoms with E-state index >= 15 is 0 Å². The van der Waals surface area contributed by atoms with Crippen molar-refractivity contribution in [1.82, 2.24) is 15.3 Å². The van der Waals surface area contributed by atoms with E-state index in [0.717, 1.165) is 25.3 Å². The highest BCUT2D eigenvalue weighted by Gasteiger charge is 2.13. The normalized spacial score (nSPS) is 19.3. The first-order valence-electron chi connectivity index (χ1n) is 4.18. The molecule has 1 aromatic rings. The lowest BCUT2D eigenvalue weighted by Crippen LogP contribution is -2.22. The van der Waals surface area contributed by atoms with Gasteiger partial charge in [0.1, 0.15) is 5.82 Å². The first-order valence-corrected chi connectivity index (χ1v) is 4.18. The van der Waals surface area contributed by atoms with Crippen molar-refractivity contribution >= 4 is 30.6 Å². The van der Waals surface area contributed by atoms with Gasteiger partial charge in [-0.15, -0.1) is 24.8 Å². The summed E-state index contributed by atoms with van der Waals surface area (Å²) in [6, 6.07) is 0.515. The molecule has 80 valence electrons. The lowest BCUT2D eigenvalue weighted by molar-refractivity contribution is 0.786. The fourth-order valence-electron chi connectivity index (χ4n) is 1.36. The van der Waals surface area contributed by atoms with Crippen molar-refractivity contribution in [3.63, 3.8) is 0 Å². The summed E-state index contributed by atoms with van der Waals surface area (Å²) in [5, 5.41) is 6.59. The number of halogens is 2. The molecular formula is C8H14Cl2N4. The Hall–Kier alpha value is -0.580. The largest absolute Gasteiger partial charge is 0.365 e. The van der Waals surface area contributed by atoms with Gasteiger partial charge in [-0.3, -0.25) is 4.98 Å². The van der Waals surface area contributed by atoms with Gasteiger partial charge in [-0.1, -0.05) is 0 Å². The van der Waals surface area contributed by atoms with Crippen molar-refractivity contribution in [3.05, 3.63) is 18.6 Å². The molecule has 0 spiro atoms. The van der Waals surface area contributed by atoms with Gasteiger partial charge in [0.25, 0.3) is 0 Å². The Morgan fingerprint density at radius 2 is 2.21 bits per heavy atom. The number of hydrogen-bond donors (Lipinski definition) is 2. The second-order valence-electron chi connectivity index (χ2n) is 2.92. The SMILES string of the molecule is Cl.Cl.c1cnc(N[C@@H]2CCNC2)cn1. The zero-order valence-electron chi connectivity index (χ0n) is 7.64. The van der Waals surface area contributed by atoms with E-state index in [2.05, 4.69) is 20.6 Å². The Bertz CT molecular complexity index is 238. The van der Waals surface area contributed by atoms with Gasteiger partial charge in [-0.05, 0) is 13.0 Å². The van der Waals surface area contributed by atoms with Crippen LogP contribution in [0.15, 0.2) is 18.6 Å². The third kappa shape index (κ3) is 3.65. The first kappa shape index (κ1) is 13.4. The summed E-state index contributed by atoms with van der Waals surface area (Å²) in [7, 11) is 0. The number of aromatic nitrogens is 2. The summed E-state index contributed by atoms with van der Waals surface area (Å²) in [5.74, 6) is 0.867. The van der Waals surface area contributed by atoms with E-state index in [9.17, 15) is 0 Å². The van der Waals surface area contributed by atoms with Gasteiger partial charge in [0.2, 0.25) is 0 Å². The second kappa shape index (κ2) is 6.81. The fraction of sp³-hybridized carbons (Fsp3) is 0.500. The Balaban J connectivity index is 0.000000845. The molecule has 0 amide bonds. The maximum absolute atomic E-state index is 4.14. The molecule has 0 radical (unpaired) electrons. The van der Waals surface area contributed by atoms with Crippen LogP contribution in [-0.2, 0) is 0 Å². The molecule has 0 unspecified atom stereocenters. The summed E-state index contributed by atoms with van der Waals surface area (Å²) in [6.07, 6.45) is 6.29. The molecule has 1 aromatic heterocycles. The summed E-state index contributed by atoms with van der Waals surface area (Å²) >= 11 is 0. The van der Waals surface area contributed by atoms with Gasteiger partial charge in [-0.2, -0.15) is 0 Å². The van der Waals surface area contributed by atoms with Crippen molar-refractivity contribution in [1.29, 1.82) is 0 Å². The molecule has 6 heteroatoms. The van der Waals surface area contributed by atoms with Crippen LogP contribution in [0, 0.1) is 0 Å². The van der Waals surface area contributed by atoms with Gasteiger partial charge in [-0.25, -0.2) is 4.98 Å². The molecule has 0 aliphatic carbocycles. The molecule has 14 heavy (non-hydrogen) atoms. The summed E-state index contributed by atoms with van der Waals surface area (Å²) in [5.41, 5.74) is 0. The third-order valence-electron chi connectivity index (χ3n) is 1.98. The molecule has 2 heterocycles. The zero-order valence-corrected chi connectivity index (χ0v) is 9.27. The van der Waals surface area contributed by atoms with Crippen LogP contribution in [0.4, 0.5) is 5.82 Å². The maximum Gasteiger partial charge on any atom is 0.144 e. The Morgan fingerprint density at radius 3 is 2.79 bits per heavy atom. The Labute approximate surface area is 95.7 Å². The van der Waals surface area contributed by atoms with E-state index in [1.807, 2.05) is 0 Å². The van der Waals surface area contributed by atoms with Crippen molar-refractivity contribution in [2.24, 2.45) is 0 Å². The van der Waals surface area contributed by atoms with Crippen LogP contribution in [0.2, 0.25) is 0 Å². The quantitative estimate of drug-likeness (QED) is 0.808. The molecule has 1 aliphatic heterocycles. The summed E-state index contributed by atoms with van der Waals surface area (Å²) < 4.78 is 0. The zero-order chi connectivity index (χ0) is 8.23. The average Bonchev–Trinajstić information content (AvgIpc) is 2.59. The molecule has 1 aliphatic rings. The lowest BCUT2D eigenvalue weighted by Gasteiger charge is -2.10. The minimum absolute atomic E-state index is 0. The Kier molecular flexibility index (Phi) is 6.53. The van der Waals surface area contributed by atoms with Crippen LogP contribution in [0.25, 0.3) is 0 Å². The molecule has 1 atom stereocenters. The van der Waals surface area contributed by atoms with Crippen LogP contribution >= 0.6 is 24.8 Å². The van der Waals surface area contributed by atoms with E-state index in [0.29, 0.717) is 6.04 Å². The third-order valence-corrected chi connectivity index (χ3v) is 1.98.